The Balaban J connectivity index is 2.36. The Morgan fingerprint density at radius 3 is 2.12 bits per heavy atom. The molecule has 0 heterocycles. The van der Waals surface area contributed by atoms with E-state index >= 15 is 0 Å². The number of benzene rings is 1. The van der Waals surface area contributed by atoms with Gasteiger partial charge >= 0.3 is 0 Å². The second kappa shape index (κ2) is 3.56. The van der Waals surface area contributed by atoms with Gasteiger partial charge in [0, 0.05) is 0 Å². The molecule has 0 spiro atoms. The van der Waals surface area contributed by atoms with Gasteiger partial charge in [0.2, 0.25) is 5.24 Å². The van der Waals surface area contributed by atoms with E-state index in [2.05, 4.69) is 13.8 Å². The van der Waals surface area contributed by atoms with Gasteiger partial charge in [-0.25, -0.2) is 4.39 Å². The van der Waals surface area contributed by atoms with Crippen LogP contribution in [0.1, 0.15) is 32.3 Å². The van der Waals surface area contributed by atoms with Crippen molar-refractivity contribution in [1.82, 2.24) is 0 Å². The average molecular weight is 241 g/mol. The Morgan fingerprint density at radius 2 is 1.75 bits per heavy atom. The van der Waals surface area contributed by atoms with E-state index < -0.39 is 5.41 Å². The minimum atomic E-state index is -0.598. The predicted molar refractivity (Wildman–Crippen MR) is 62.0 cm³/mol. The van der Waals surface area contributed by atoms with Gasteiger partial charge in [-0.15, -0.1) is 0 Å². The highest BCUT2D eigenvalue weighted by Gasteiger charge is 2.54. The second-order valence-electron chi connectivity index (χ2n) is 5.38. The first-order valence-electron chi connectivity index (χ1n) is 5.32. The molecular weight excluding hydrogens is 227 g/mol. The number of rotatable bonds is 2. The summed E-state index contributed by atoms with van der Waals surface area (Å²) in [7, 11) is 0. The Labute approximate surface area is 99.6 Å². The highest BCUT2D eigenvalue weighted by atomic mass is 35.5. The van der Waals surface area contributed by atoms with Crippen LogP contribution < -0.4 is 0 Å². The summed E-state index contributed by atoms with van der Waals surface area (Å²) >= 11 is 5.71. The molecule has 1 aromatic rings. The fourth-order valence-corrected chi connectivity index (χ4v) is 3.05. The second-order valence-corrected chi connectivity index (χ2v) is 5.72. The molecule has 0 N–H and O–H groups in total. The average Bonchev–Trinajstić information content (AvgIpc) is 2.14. The zero-order chi connectivity index (χ0) is 12.0. The molecule has 0 bridgehead atoms. The molecule has 0 aromatic heterocycles. The predicted octanol–water partition coefficient (Wildman–Crippen LogP) is 3.65. The van der Waals surface area contributed by atoms with Crippen LogP contribution in [0, 0.1) is 11.2 Å². The van der Waals surface area contributed by atoms with Crippen molar-refractivity contribution < 1.29 is 9.18 Å². The lowest BCUT2D eigenvalue weighted by molar-refractivity contribution is -0.124. The molecule has 0 amide bonds. The molecule has 1 saturated carbocycles. The van der Waals surface area contributed by atoms with Crippen molar-refractivity contribution in [2.75, 3.05) is 0 Å². The van der Waals surface area contributed by atoms with Crippen LogP contribution in [0.2, 0.25) is 0 Å². The summed E-state index contributed by atoms with van der Waals surface area (Å²) in [5.74, 6) is -0.292. The molecule has 1 aliphatic rings. The highest BCUT2D eigenvalue weighted by molar-refractivity contribution is 6.65. The van der Waals surface area contributed by atoms with Gasteiger partial charge in [-0.1, -0.05) is 26.0 Å². The summed E-state index contributed by atoms with van der Waals surface area (Å²) in [4.78, 5) is 11.6. The van der Waals surface area contributed by atoms with E-state index in [9.17, 15) is 9.18 Å². The lowest BCUT2D eigenvalue weighted by atomic mass is 9.52. The maximum absolute atomic E-state index is 12.8. The van der Waals surface area contributed by atoms with Crippen molar-refractivity contribution >= 4 is 16.8 Å². The number of halogens is 2. The van der Waals surface area contributed by atoms with Crippen molar-refractivity contribution in [2.45, 2.75) is 32.1 Å². The maximum atomic E-state index is 12.8. The summed E-state index contributed by atoms with van der Waals surface area (Å²) in [5, 5.41) is -0.335. The first kappa shape index (κ1) is 11.6. The van der Waals surface area contributed by atoms with Crippen molar-refractivity contribution in [3.05, 3.63) is 35.6 Å². The summed E-state index contributed by atoms with van der Waals surface area (Å²) in [6.07, 6.45) is 1.46. The van der Waals surface area contributed by atoms with Gasteiger partial charge in [0.05, 0.1) is 5.41 Å². The lowest BCUT2D eigenvalue weighted by Crippen LogP contribution is -2.50. The SMILES string of the molecule is CC1(C)CC(C(=O)Cl)(c2ccc(F)cc2)C1. The highest BCUT2D eigenvalue weighted by Crippen LogP contribution is 2.56. The summed E-state index contributed by atoms with van der Waals surface area (Å²) in [5.41, 5.74) is 0.366. The molecule has 1 aromatic carbocycles. The van der Waals surface area contributed by atoms with E-state index in [1.54, 1.807) is 12.1 Å². The molecule has 0 unspecified atom stereocenters. The molecule has 1 fully saturated rings. The van der Waals surface area contributed by atoms with Crippen LogP contribution in [0.25, 0.3) is 0 Å². The smallest absolute Gasteiger partial charge is 0.232 e. The monoisotopic (exact) mass is 240 g/mol. The third-order valence-corrected chi connectivity index (χ3v) is 3.70. The van der Waals surface area contributed by atoms with Gasteiger partial charge in [-0.3, -0.25) is 4.79 Å². The molecule has 3 heteroatoms. The molecule has 0 atom stereocenters. The van der Waals surface area contributed by atoms with Crippen molar-refractivity contribution in [1.29, 1.82) is 0 Å². The fourth-order valence-electron chi connectivity index (χ4n) is 2.81. The number of carbonyl (C=O) groups is 1. The van der Waals surface area contributed by atoms with Crippen LogP contribution in [0.3, 0.4) is 0 Å². The van der Waals surface area contributed by atoms with Gasteiger partial charge in [-0.2, -0.15) is 0 Å². The van der Waals surface area contributed by atoms with E-state index in [0.717, 1.165) is 18.4 Å². The molecule has 0 radical (unpaired) electrons. The maximum Gasteiger partial charge on any atom is 0.232 e. The third-order valence-electron chi connectivity index (χ3n) is 3.33. The van der Waals surface area contributed by atoms with Crippen LogP contribution in [0.5, 0.6) is 0 Å². The lowest BCUT2D eigenvalue weighted by Gasteiger charge is -2.51. The van der Waals surface area contributed by atoms with Crippen molar-refractivity contribution in [3.63, 3.8) is 0 Å². The summed E-state index contributed by atoms with van der Waals surface area (Å²) < 4.78 is 12.8. The Morgan fingerprint density at radius 1 is 1.25 bits per heavy atom. The van der Waals surface area contributed by atoms with Gasteiger partial charge in [0.1, 0.15) is 5.82 Å². The van der Waals surface area contributed by atoms with Gasteiger partial charge in [0.15, 0.2) is 0 Å². The van der Waals surface area contributed by atoms with Gasteiger partial charge in [-0.05, 0) is 47.6 Å². The zero-order valence-electron chi connectivity index (χ0n) is 9.39. The largest absolute Gasteiger partial charge is 0.280 e. The first-order chi connectivity index (χ1) is 7.36. The molecule has 0 saturated heterocycles. The molecule has 86 valence electrons. The number of hydrogen-bond acceptors (Lipinski definition) is 1. The third kappa shape index (κ3) is 1.75. The van der Waals surface area contributed by atoms with Crippen molar-refractivity contribution in [3.8, 4) is 0 Å². The molecule has 16 heavy (non-hydrogen) atoms. The topological polar surface area (TPSA) is 17.1 Å². The first-order valence-corrected chi connectivity index (χ1v) is 5.70. The van der Waals surface area contributed by atoms with E-state index in [4.69, 9.17) is 11.6 Å². The van der Waals surface area contributed by atoms with E-state index in [0.29, 0.717) is 0 Å². The van der Waals surface area contributed by atoms with Crippen molar-refractivity contribution in [2.24, 2.45) is 5.41 Å². The Kier molecular flexibility index (Phi) is 2.58. The van der Waals surface area contributed by atoms with E-state index in [1.165, 1.54) is 12.1 Å². The molecular formula is C13H14ClFO. The molecule has 2 rings (SSSR count). The standard InChI is InChI=1S/C13H14ClFO/c1-12(2)7-13(8-12,11(14)16)9-3-5-10(15)6-4-9/h3-6H,7-8H2,1-2H3. The number of hydrogen-bond donors (Lipinski definition) is 0. The summed E-state index contributed by atoms with van der Waals surface area (Å²) in [6.45, 7) is 4.21. The van der Waals surface area contributed by atoms with Crippen LogP contribution in [-0.2, 0) is 10.2 Å². The normalized spacial score (nSPS) is 21.2. The Bertz CT molecular complexity index is 414. The zero-order valence-corrected chi connectivity index (χ0v) is 10.1. The Hall–Kier alpha value is -0.890. The molecule has 1 aliphatic carbocycles. The molecule has 0 aliphatic heterocycles. The summed E-state index contributed by atoms with van der Waals surface area (Å²) in [6, 6.07) is 6.07. The van der Waals surface area contributed by atoms with Crippen LogP contribution in [0.15, 0.2) is 24.3 Å². The van der Waals surface area contributed by atoms with E-state index in [1.807, 2.05) is 0 Å². The quantitative estimate of drug-likeness (QED) is 0.722. The van der Waals surface area contributed by atoms with Gasteiger partial charge < -0.3 is 0 Å². The van der Waals surface area contributed by atoms with Crippen LogP contribution in [-0.4, -0.2) is 5.24 Å². The van der Waals surface area contributed by atoms with E-state index in [-0.39, 0.29) is 16.5 Å². The minimum absolute atomic E-state index is 0.138. The van der Waals surface area contributed by atoms with Crippen LogP contribution >= 0.6 is 11.6 Å². The minimum Gasteiger partial charge on any atom is -0.280 e. The fraction of sp³-hybridized carbons (Fsp3) is 0.462. The molecule has 1 nitrogen and oxygen atoms in total. The van der Waals surface area contributed by atoms with Crippen LogP contribution in [0.4, 0.5) is 4.39 Å². The number of carbonyl (C=O) groups excluding carboxylic acids is 1. The van der Waals surface area contributed by atoms with Gasteiger partial charge in [0.25, 0.3) is 0 Å².